The number of hydrogen-bond acceptors (Lipinski definition) is 3. The van der Waals surface area contributed by atoms with Crippen LogP contribution in [0.4, 0.5) is 0 Å². The number of hydrogen-bond donors (Lipinski definition) is 1. The second-order valence-corrected chi connectivity index (χ2v) is 3.98. The molecule has 0 fully saturated rings. The average Bonchev–Trinajstić information content (AvgIpc) is 2.66. The van der Waals surface area contributed by atoms with Gasteiger partial charge in [0.25, 0.3) is 0 Å². The Labute approximate surface area is 85.7 Å². The molecule has 0 saturated heterocycles. The fraction of sp³-hybridized carbons (Fsp3) is 0.800. The largest absolute Gasteiger partial charge is 0.319 e. The second-order valence-electron chi connectivity index (χ2n) is 3.98. The molecule has 4 nitrogen and oxygen atoms in total. The molecular formula is C10H20N4. The van der Waals surface area contributed by atoms with Crippen LogP contribution in [-0.2, 0) is 6.54 Å². The third-order valence-electron chi connectivity index (χ3n) is 2.46. The third-order valence-corrected chi connectivity index (χ3v) is 2.46. The topological polar surface area (TPSA) is 42.7 Å². The minimum Gasteiger partial charge on any atom is -0.319 e. The van der Waals surface area contributed by atoms with E-state index in [4.69, 9.17) is 0 Å². The van der Waals surface area contributed by atoms with Crippen LogP contribution in [0.25, 0.3) is 0 Å². The van der Waals surface area contributed by atoms with Gasteiger partial charge in [-0.2, -0.15) is 0 Å². The van der Waals surface area contributed by atoms with Crippen molar-refractivity contribution in [1.29, 1.82) is 0 Å². The van der Waals surface area contributed by atoms with Crippen molar-refractivity contribution in [2.45, 2.75) is 39.8 Å². The SMILES string of the molecule is CCC(C)CNC(C)Cn1cnnc1. The molecule has 0 aromatic carbocycles. The van der Waals surface area contributed by atoms with Gasteiger partial charge in [0.05, 0.1) is 0 Å². The molecule has 0 saturated carbocycles. The van der Waals surface area contributed by atoms with Gasteiger partial charge in [0.2, 0.25) is 0 Å². The first kappa shape index (κ1) is 11.2. The summed E-state index contributed by atoms with van der Waals surface area (Å²) in [5.41, 5.74) is 0. The first-order chi connectivity index (χ1) is 6.72. The Morgan fingerprint density at radius 1 is 1.29 bits per heavy atom. The van der Waals surface area contributed by atoms with Crippen molar-refractivity contribution < 1.29 is 0 Å². The third kappa shape index (κ3) is 3.87. The summed E-state index contributed by atoms with van der Waals surface area (Å²) in [5, 5.41) is 11.0. The van der Waals surface area contributed by atoms with E-state index in [0.717, 1.165) is 19.0 Å². The molecule has 1 aromatic heterocycles. The maximum atomic E-state index is 3.77. The fourth-order valence-electron chi connectivity index (χ4n) is 1.24. The molecule has 1 N–H and O–H groups in total. The summed E-state index contributed by atoms with van der Waals surface area (Å²) >= 11 is 0. The lowest BCUT2D eigenvalue weighted by atomic mass is 10.1. The van der Waals surface area contributed by atoms with Gasteiger partial charge in [0.1, 0.15) is 12.7 Å². The minimum absolute atomic E-state index is 0.472. The lowest BCUT2D eigenvalue weighted by molar-refractivity contribution is 0.420. The molecule has 0 aliphatic carbocycles. The van der Waals surface area contributed by atoms with Gasteiger partial charge in [0.15, 0.2) is 0 Å². The molecule has 4 heteroatoms. The molecule has 14 heavy (non-hydrogen) atoms. The molecular weight excluding hydrogens is 176 g/mol. The van der Waals surface area contributed by atoms with E-state index in [9.17, 15) is 0 Å². The van der Waals surface area contributed by atoms with Gasteiger partial charge < -0.3 is 9.88 Å². The Hall–Kier alpha value is -0.900. The van der Waals surface area contributed by atoms with Crippen LogP contribution in [0.1, 0.15) is 27.2 Å². The number of rotatable bonds is 6. The quantitative estimate of drug-likeness (QED) is 0.746. The van der Waals surface area contributed by atoms with Crippen molar-refractivity contribution in [3.05, 3.63) is 12.7 Å². The minimum atomic E-state index is 0.472. The molecule has 0 amide bonds. The maximum absolute atomic E-state index is 3.77. The summed E-state index contributed by atoms with van der Waals surface area (Å²) in [6.45, 7) is 8.68. The van der Waals surface area contributed by atoms with Gasteiger partial charge in [-0.3, -0.25) is 0 Å². The predicted molar refractivity (Wildman–Crippen MR) is 56.9 cm³/mol. The van der Waals surface area contributed by atoms with Crippen molar-refractivity contribution in [2.75, 3.05) is 6.54 Å². The van der Waals surface area contributed by atoms with E-state index in [2.05, 4.69) is 36.3 Å². The average molecular weight is 196 g/mol. The van der Waals surface area contributed by atoms with Crippen LogP contribution < -0.4 is 5.32 Å². The molecule has 0 radical (unpaired) electrons. The van der Waals surface area contributed by atoms with E-state index in [1.807, 2.05) is 4.57 Å². The normalized spacial score (nSPS) is 15.4. The highest BCUT2D eigenvalue weighted by atomic mass is 15.2. The van der Waals surface area contributed by atoms with E-state index in [0.29, 0.717) is 6.04 Å². The van der Waals surface area contributed by atoms with Crippen molar-refractivity contribution in [1.82, 2.24) is 20.1 Å². The summed E-state index contributed by atoms with van der Waals surface area (Å²) in [6, 6.07) is 0.472. The number of aromatic nitrogens is 3. The summed E-state index contributed by atoms with van der Waals surface area (Å²) in [7, 11) is 0. The van der Waals surface area contributed by atoms with Crippen LogP contribution in [0, 0.1) is 5.92 Å². The van der Waals surface area contributed by atoms with Crippen molar-refractivity contribution in [2.24, 2.45) is 5.92 Å². The highest BCUT2D eigenvalue weighted by Gasteiger charge is 2.04. The Balaban J connectivity index is 2.19. The molecule has 0 aliphatic rings. The summed E-state index contributed by atoms with van der Waals surface area (Å²) in [4.78, 5) is 0. The zero-order valence-electron chi connectivity index (χ0n) is 9.27. The highest BCUT2D eigenvalue weighted by molar-refractivity contribution is 4.68. The molecule has 1 aromatic rings. The summed E-state index contributed by atoms with van der Waals surface area (Å²) in [6.07, 6.45) is 4.73. The van der Waals surface area contributed by atoms with Crippen LogP contribution in [0.5, 0.6) is 0 Å². The Morgan fingerprint density at radius 3 is 2.50 bits per heavy atom. The first-order valence-corrected chi connectivity index (χ1v) is 5.28. The van der Waals surface area contributed by atoms with Gasteiger partial charge in [-0.1, -0.05) is 20.3 Å². The fourth-order valence-corrected chi connectivity index (χ4v) is 1.24. The van der Waals surface area contributed by atoms with Crippen molar-refractivity contribution in [3.63, 3.8) is 0 Å². The number of nitrogens with one attached hydrogen (secondary N) is 1. The van der Waals surface area contributed by atoms with Crippen LogP contribution in [-0.4, -0.2) is 27.4 Å². The van der Waals surface area contributed by atoms with Crippen LogP contribution in [0.2, 0.25) is 0 Å². The zero-order chi connectivity index (χ0) is 10.4. The summed E-state index contributed by atoms with van der Waals surface area (Å²) < 4.78 is 1.99. The predicted octanol–water partition coefficient (Wildman–Crippen LogP) is 1.30. The van der Waals surface area contributed by atoms with Crippen LogP contribution >= 0.6 is 0 Å². The highest BCUT2D eigenvalue weighted by Crippen LogP contribution is 1.99. The van der Waals surface area contributed by atoms with E-state index < -0.39 is 0 Å². The Kier molecular flexibility index (Phi) is 4.59. The first-order valence-electron chi connectivity index (χ1n) is 5.28. The van der Waals surface area contributed by atoms with Crippen molar-refractivity contribution in [3.8, 4) is 0 Å². The van der Waals surface area contributed by atoms with E-state index >= 15 is 0 Å². The number of nitrogens with zero attached hydrogens (tertiary/aromatic N) is 3. The smallest absolute Gasteiger partial charge is 0.119 e. The van der Waals surface area contributed by atoms with Gasteiger partial charge in [0, 0.05) is 12.6 Å². The van der Waals surface area contributed by atoms with Crippen molar-refractivity contribution >= 4 is 0 Å². The Bertz CT molecular complexity index is 232. The Morgan fingerprint density at radius 2 is 1.93 bits per heavy atom. The lowest BCUT2D eigenvalue weighted by Gasteiger charge is -2.16. The second kappa shape index (κ2) is 5.75. The van der Waals surface area contributed by atoms with Gasteiger partial charge >= 0.3 is 0 Å². The van der Waals surface area contributed by atoms with Gasteiger partial charge in [-0.15, -0.1) is 10.2 Å². The maximum Gasteiger partial charge on any atom is 0.119 e. The molecule has 2 atom stereocenters. The zero-order valence-corrected chi connectivity index (χ0v) is 9.27. The molecule has 80 valence electrons. The molecule has 1 heterocycles. The molecule has 0 spiro atoms. The standard InChI is InChI=1S/C10H20N4/c1-4-9(2)5-11-10(3)6-14-7-12-13-8-14/h7-11H,4-6H2,1-3H3. The van der Waals surface area contributed by atoms with Crippen LogP contribution in [0.15, 0.2) is 12.7 Å². The van der Waals surface area contributed by atoms with E-state index in [1.165, 1.54) is 6.42 Å². The van der Waals surface area contributed by atoms with E-state index in [-0.39, 0.29) is 0 Å². The molecule has 0 aliphatic heterocycles. The molecule has 0 bridgehead atoms. The molecule has 1 rings (SSSR count). The van der Waals surface area contributed by atoms with Gasteiger partial charge in [-0.05, 0) is 19.4 Å². The van der Waals surface area contributed by atoms with E-state index in [1.54, 1.807) is 12.7 Å². The summed E-state index contributed by atoms with van der Waals surface area (Å²) in [5.74, 6) is 0.748. The monoisotopic (exact) mass is 196 g/mol. The molecule has 2 unspecified atom stereocenters. The lowest BCUT2D eigenvalue weighted by Crippen LogP contribution is -2.33. The van der Waals surface area contributed by atoms with Gasteiger partial charge in [-0.25, -0.2) is 0 Å². The van der Waals surface area contributed by atoms with Crippen LogP contribution in [0.3, 0.4) is 0 Å².